The molecule has 0 aliphatic heterocycles. The largest absolute Gasteiger partial charge is 0.494 e. The lowest BCUT2D eigenvalue weighted by Gasteiger charge is -2.06. The molecule has 0 spiro atoms. The second-order valence-electron chi connectivity index (χ2n) is 8.14. The van der Waals surface area contributed by atoms with Gasteiger partial charge in [-0.25, -0.2) is 0 Å². The first-order valence-electron chi connectivity index (χ1n) is 11.3. The summed E-state index contributed by atoms with van der Waals surface area (Å²) in [5, 5.41) is 4.82. The van der Waals surface area contributed by atoms with Crippen molar-refractivity contribution in [1.29, 1.82) is 0 Å². The van der Waals surface area contributed by atoms with Crippen LogP contribution in [0.3, 0.4) is 0 Å². The van der Waals surface area contributed by atoms with Crippen molar-refractivity contribution in [2.24, 2.45) is 0 Å². The molecule has 2 heteroatoms. The fourth-order valence-electron chi connectivity index (χ4n) is 4.24. The molecule has 4 rings (SSSR count). The summed E-state index contributed by atoms with van der Waals surface area (Å²) in [7, 11) is 0. The molecule has 0 saturated heterocycles. The normalized spacial score (nSPS) is 12.2. The van der Waals surface area contributed by atoms with Crippen molar-refractivity contribution >= 4 is 27.6 Å². The highest BCUT2D eigenvalue weighted by Gasteiger charge is 2.10. The highest BCUT2D eigenvalue weighted by molar-refractivity contribution is 6.12. The van der Waals surface area contributed by atoms with E-state index < -0.39 is 0 Å². The summed E-state index contributed by atoms with van der Waals surface area (Å²) in [4.78, 5) is 12.9. The van der Waals surface area contributed by atoms with Crippen LogP contribution in [0.4, 0.5) is 0 Å². The van der Waals surface area contributed by atoms with E-state index in [2.05, 4.69) is 19.1 Å². The van der Waals surface area contributed by atoms with Gasteiger partial charge in [-0.3, -0.25) is 4.79 Å². The predicted octanol–water partition coefficient (Wildman–Crippen LogP) is 6.47. The zero-order valence-corrected chi connectivity index (χ0v) is 17.8. The van der Waals surface area contributed by atoms with Crippen molar-refractivity contribution in [1.82, 2.24) is 0 Å². The second kappa shape index (κ2) is 9.75. The minimum Gasteiger partial charge on any atom is -0.494 e. The number of hydrogen-bond donors (Lipinski definition) is 0. The molecule has 0 amide bonds. The van der Waals surface area contributed by atoms with Gasteiger partial charge < -0.3 is 4.74 Å². The molecule has 4 aromatic carbocycles. The minimum absolute atomic E-state index is 0.112. The third-order valence-electron chi connectivity index (χ3n) is 5.89. The summed E-state index contributed by atoms with van der Waals surface area (Å²) in [6, 6.07) is 20.1. The summed E-state index contributed by atoms with van der Waals surface area (Å²) in [5.41, 5.74) is 1.13. The van der Waals surface area contributed by atoms with Gasteiger partial charge in [-0.2, -0.15) is 0 Å². The number of unbranched alkanes of at least 4 members (excludes halogenated alkanes) is 6. The van der Waals surface area contributed by atoms with Crippen LogP contribution in [0.25, 0.3) is 27.6 Å². The SMILES string of the molecule is CCCCCCCCCOc1ccc(/C=c2\c(=O)c3cccc4cccc2c43)cc1. The lowest BCUT2D eigenvalue weighted by atomic mass is 10.1. The Labute approximate surface area is 178 Å². The van der Waals surface area contributed by atoms with Gasteiger partial charge in [0.05, 0.1) is 6.61 Å². The second-order valence-corrected chi connectivity index (χ2v) is 8.14. The van der Waals surface area contributed by atoms with E-state index in [9.17, 15) is 4.79 Å². The fraction of sp³-hybridized carbons (Fsp3) is 0.321. The highest BCUT2D eigenvalue weighted by atomic mass is 16.5. The monoisotopic (exact) mass is 398 g/mol. The van der Waals surface area contributed by atoms with Crippen molar-refractivity contribution in [3.8, 4) is 5.75 Å². The van der Waals surface area contributed by atoms with Crippen LogP contribution in [0.15, 0.2) is 65.5 Å². The van der Waals surface area contributed by atoms with Gasteiger partial charge in [0.1, 0.15) is 5.75 Å². The molecule has 0 fully saturated rings. The first-order valence-corrected chi connectivity index (χ1v) is 11.3. The molecule has 0 unspecified atom stereocenters. The van der Waals surface area contributed by atoms with Crippen LogP contribution in [0, 0.1) is 0 Å². The summed E-state index contributed by atoms with van der Waals surface area (Å²) in [5.74, 6) is 0.895. The van der Waals surface area contributed by atoms with Crippen molar-refractivity contribution in [3.05, 3.63) is 81.7 Å². The van der Waals surface area contributed by atoms with E-state index in [0.29, 0.717) is 0 Å². The summed E-state index contributed by atoms with van der Waals surface area (Å²) in [6.07, 6.45) is 11.0. The molecule has 0 radical (unpaired) electrons. The van der Waals surface area contributed by atoms with E-state index in [-0.39, 0.29) is 5.43 Å². The van der Waals surface area contributed by atoms with Crippen LogP contribution >= 0.6 is 0 Å². The Hall–Kier alpha value is -2.87. The van der Waals surface area contributed by atoms with E-state index in [1.54, 1.807) is 0 Å². The molecule has 2 nitrogen and oxygen atoms in total. The van der Waals surface area contributed by atoms with Gasteiger partial charge in [-0.1, -0.05) is 94.0 Å². The third kappa shape index (κ3) is 4.48. The molecular weight excluding hydrogens is 368 g/mol. The first kappa shape index (κ1) is 20.4. The molecule has 0 saturated carbocycles. The molecule has 0 aliphatic carbocycles. The number of ether oxygens (including phenoxy) is 1. The van der Waals surface area contributed by atoms with Gasteiger partial charge in [0, 0.05) is 16.0 Å². The number of benzene rings is 3. The van der Waals surface area contributed by atoms with Gasteiger partial charge in [0.15, 0.2) is 5.43 Å². The average Bonchev–Trinajstić information content (AvgIpc) is 3.05. The number of hydrogen-bond acceptors (Lipinski definition) is 2. The van der Waals surface area contributed by atoms with E-state index >= 15 is 0 Å². The molecule has 0 heterocycles. The van der Waals surface area contributed by atoms with Crippen molar-refractivity contribution in [2.45, 2.75) is 51.9 Å². The van der Waals surface area contributed by atoms with Gasteiger partial charge in [0.2, 0.25) is 0 Å². The van der Waals surface area contributed by atoms with Gasteiger partial charge in [-0.15, -0.1) is 0 Å². The van der Waals surface area contributed by atoms with Crippen molar-refractivity contribution in [2.75, 3.05) is 6.61 Å². The molecule has 30 heavy (non-hydrogen) atoms. The van der Waals surface area contributed by atoms with Gasteiger partial charge in [-0.05, 0) is 41.0 Å². The molecule has 4 aromatic rings. The standard InChI is InChI=1S/C28H30O2/c1-2-3-4-5-6-7-8-19-30-23-17-15-21(16-18-23)20-26-24-13-9-11-22-12-10-14-25(27(22)24)28(26)29/h9-18,20H,2-8,19H2,1H3/b26-20-. The molecule has 0 N–H and O–H groups in total. The van der Waals surface area contributed by atoms with Crippen molar-refractivity contribution < 1.29 is 4.74 Å². The van der Waals surface area contributed by atoms with E-state index in [0.717, 1.165) is 51.1 Å². The Bertz CT molecular complexity index is 1190. The maximum atomic E-state index is 12.9. The van der Waals surface area contributed by atoms with Crippen LogP contribution in [-0.4, -0.2) is 6.61 Å². The summed E-state index contributed by atoms with van der Waals surface area (Å²) < 4.78 is 5.89. The van der Waals surface area contributed by atoms with Crippen LogP contribution < -0.4 is 15.4 Å². The molecule has 0 atom stereocenters. The van der Waals surface area contributed by atoms with Gasteiger partial charge >= 0.3 is 0 Å². The summed E-state index contributed by atoms with van der Waals surface area (Å²) in [6.45, 7) is 3.02. The molecule has 0 bridgehead atoms. The Morgan fingerprint density at radius 3 is 2.17 bits per heavy atom. The maximum Gasteiger partial charge on any atom is 0.194 e. The zero-order valence-electron chi connectivity index (χ0n) is 17.8. The van der Waals surface area contributed by atoms with Crippen LogP contribution in [-0.2, 0) is 0 Å². The summed E-state index contributed by atoms with van der Waals surface area (Å²) >= 11 is 0. The Morgan fingerprint density at radius 1 is 0.767 bits per heavy atom. The highest BCUT2D eigenvalue weighted by Crippen LogP contribution is 2.23. The number of rotatable bonds is 10. The average molecular weight is 399 g/mol. The maximum absolute atomic E-state index is 12.9. The van der Waals surface area contributed by atoms with E-state index in [1.807, 2.05) is 54.6 Å². The van der Waals surface area contributed by atoms with Crippen molar-refractivity contribution in [3.63, 3.8) is 0 Å². The first-order chi connectivity index (χ1) is 14.8. The predicted molar refractivity (Wildman–Crippen MR) is 128 cm³/mol. The quantitative estimate of drug-likeness (QED) is 0.286. The smallest absolute Gasteiger partial charge is 0.194 e. The molecule has 0 aliphatic rings. The minimum atomic E-state index is 0.112. The Balaban J connectivity index is 1.42. The van der Waals surface area contributed by atoms with Gasteiger partial charge in [0.25, 0.3) is 0 Å². The van der Waals surface area contributed by atoms with Crippen LogP contribution in [0.1, 0.15) is 57.4 Å². The molecule has 154 valence electrons. The van der Waals surface area contributed by atoms with E-state index in [4.69, 9.17) is 4.74 Å². The zero-order chi connectivity index (χ0) is 20.8. The Kier molecular flexibility index (Phi) is 6.63. The van der Waals surface area contributed by atoms with Crippen LogP contribution in [0.5, 0.6) is 5.75 Å². The lowest BCUT2D eigenvalue weighted by Crippen LogP contribution is -2.19. The molecule has 0 aromatic heterocycles. The third-order valence-corrected chi connectivity index (χ3v) is 5.89. The lowest BCUT2D eigenvalue weighted by molar-refractivity contribution is 0.304. The Morgan fingerprint density at radius 2 is 1.43 bits per heavy atom. The van der Waals surface area contributed by atoms with Crippen LogP contribution in [0.2, 0.25) is 0 Å². The fourth-order valence-corrected chi connectivity index (χ4v) is 4.24. The van der Waals surface area contributed by atoms with E-state index in [1.165, 1.54) is 38.5 Å². The topological polar surface area (TPSA) is 26.3 Å². The molecular formula is C28H30O2.